The van der Waals surface area contributed by atoms with Gasteiger partial charge in [-0.25, -0.2) is 12.7 Å². The average molecular weight is 449 g/mol. The first kappa shape index (κ1) is 20.7. The molecule has 0 saturated carbocycles. The van der Waals surface area contributed by atoms with Crippen molar-refractivity contribution in [2.45, 2.75) is 18.7 Å². The van der Waals surface area contributed by atoms with Gasteiger partial charge in [0.15, 0.2) is 0 Å². The van der Waals surface area contributed by atoms with E-state index in [0.717, 1.165) is 4.31 Å². The van der Waals surface area contributed by atoms with Crippen molar-refractivity contribution in [2.24, 2.45) is 0 Å². The number of hydrogen-bond donors (Lipinski definition) is 0. The minimum Gasteiger partial charge on any atom is -0.497 e. The van der Waals surface area contributed by atoms with Crippen LogP contribution in [0.5, 0.6) is 5.75 Å². The van der Waals surface area contributed by atoms with E-state index in [-0.39, 0.29) is 24.1 Å². The molecule has 0 bridgehead atoms. The summed E-state index contributed by atoms with van der Waals surface area (Å²) >= 11 is 3.28. The van der Waals surface area contributed by atoms with Crippen molar-refractivity contribution >= 4 is 31.8 Å². The van der Waals surface area contributed by atoms with Crippen LogP contribution in [0.15, 0.2) is 32.1 Å². The number of rotatable bonds is 9. The number of sulfonamides is 1. The number of nitrogens with zero attached hydrogens (tertiary/aromatic N) is 2. The molecule has 0 aliphatic carbocycles. The summed E-state index contributed by atoms with van der Waals surface area (Å²) in [5.41, 5.74) is 1.21. The van der Waals surface area contributed by atoms with Crippen LogP contribution < -0.4 is 9.04 Å². The molecule has 0 unspecified atom stereocenters. The number of benzene rings is 1. The number of anilines is 1. The number of halogens is 1. The number of methoxy groups -OCH3 is 2. The van der Waals surface area contributed by atoms with Gasteiger partial charge in [-0.1, -0.05) is 5.16 Å². The lowest BCUT2D eigenvalue weighted by molar-refractivity contribution is 0.0744. The maximum absolute atomic E-state index is 13.3. The number of hydrogen-bond acceptors (Lipinski definition) is 7. The fourth-order valence-corrected chi connectivity index (χ4v) is 4.37. The van der Waals surface area contributed by atoms with Gasteiger partial charge in [0.25, 0.3) is 10.0 Å². The van der Waals surface area contributed by atoms with Crippen molar-refractivity contribution in [1.82, 2.24) is 5.16 Å². The molecule has 1 aromatic carbocycles. The van der Waals surface area contributed by atoms with Crippen LogP contribution in [-0.2, 0) is 19.5 Å². The Balaban J connectivity index is 2.47. The van der Waals surface area contributed by atoms with Crippen LogP contribution in [-0.4, -0.2) is 47.7 Å². The van der Waals surface area contributed by atoms with Crippen LogP contribution in [0.2, 0.25) is 0 Å². The summed E-state index contributed by atoms with van der Waals surface area (Å²) in [7, 11) is -1.00. The largest absolute Gasteiger partial charge is 0.497 e. The van der Waals surface area contributed by atoms with Gasteiger partial charge in [0.1, 0.15) is 17.4 Å². The second-order valence-electron chi connectivity index (χ2n) is 5.38. The van der Waals surface area contributed by atoms with Gasteiger partial charge in [-0.2, -0.15) is 0 Å². The maximum atomic E-state index is 13.3. The van der Waals surface area contributed by atoms with Crippen molar-refractivity contribution in [3.63, 3.8) is 0 Å². The van der Waals surface area contributed by atoms with Crippen molar-refractivity contribution in [3.05, 3.63) is 33.9 Å². The normalized spacial score (nSPS) is 11.6. The molecule has 144 valence electrons. The molecule has 0 aliphatic rings. The summed E-state index contributed by atoms with van der Waals surface area (Å²) in [5.74, 6) is 0.520. The van der Waals surface area contributed by atoms with Gasteiger partial charge in [-0.05, 0) is 41.9 Å². The molecule has 10 heteroatoms. The highest BCUT2D eigenvalue weighted by Gasteiger charge is 2.32. The van der Waals surface area contributed by atoms with E-state index in [4.69, 9.17) is 18.7 Å². The lowest BCUT2D eigenvalue weighted by Crippen LogP contribution is -2.34. The second kappa shape index (κ2) is 8.85. The average Bonchev–Trinajstić information content (AvgIpc) is 2.94. The first-order chi connectivity index (χ1) is 12.3. The summed E-state index contributed by atoms with van der Waals surface area (Å²) in [6.07, 6.45) is 0. The van der Waals surface area contributed by atoms with Crippen LogP contribution in [0, 0.1) is 13.8 Å². The third kappa shape index (κ3) is 4.37. The van der Waals surface area contributed by atoms with Crippen LogP contribution >= 0.6 is 15.9 Å². The van der Waals surface area contributed by atoms with Crippen LogP contribution in [0.25, 0.3) is 0 Å². The summed E-state index contributed by atoms with van der Waals surface area (Å²) < 4.78 is 48.8. The van der Waals surface area contributed by atoms with E-state index in [9.17, 15) is 8.42 Å². The minimum atomic E-state index is -4.01. The first-order valence-electron chi connectivity index (χ1n) is 7.68. The third-order valence-corrected chi connectivity index (χ3v) is 6.40. The van der Waals surface area contributed by atoms with Gasteiger partial charge < -0.3 is 18.7 Å². The molecule has 0 radical (unpaired) electrons. The lowest BCUT2D eigenvalue weighted by atomic mass is 10.3. The minimum absolute atomic E-state index is 0.0284. The molecule has 0 N–H and O–H groups in total. The molecule has 1 aromatic heterocycles. The Morgan fingerprint density at radius 1 is 1.23 bits per heavy atom. The van der Waals surface area contributed by atoms with E-state index in [1.54, 1.807) is 26.0 Å². The first-order valence-corrected chi connectivity index (χ1v) is 9.92. The summed E-state index contributed by atoms with van der Waals surface area (Å²) in [4.78, 5) is 0.0284. The fourth-order valence-electron chi connectivity index (χ4n) is 2.09. The number of ether oxygens (including phenoxy) is 3. The molecule has 2 aromatic rings. The van der Waals surface area contributed by atoms with E-state index in [2.05, 4.69) is 21.1 Å². The molecule has 0 aliphatic heterocycles. The van der Waals surface area contributed by atoms with Gasteiger partial charge >= 0.3 is 0 Å². The summed E-state index contributed by atoms with van der Waals surface area (Å²) in [6.45, 7) is 3.80. The van der Waals surface area contributed by atoms with E-state index in [1.165, 1.54) is 20.3 Å². The van der Waals surface area contributed by atoms with Gasteiger partial charge in [0, 0.05) is 23.2 Å². The molecular weight excluding hydrogens is 428 g/mol. The highest BCUT2D eigenvalue weighted by Crippen LogP contribution is 2.33. The van der Waals surface area contributed by atoms with Crippen molar-refractivity contribution in [2.75, 3.05) is 38.5 Å². The standard InChI is InChI=1S/C16H21BrN2O6S/c1-11-12(2)18-25-16(11)19(10-24-8-7-22-3)26(20,21)15-9-13(23-4)5-6-14(15)17/h5-6,9H,7-8,10H2,1-4H3. The molecule has 26 heavy (non-hydrogen) atoms. The molecule has 8 nitrogen and oxygen atoms in total. The number of aryl methyl sites for hydroxylation is 1. The van der Waals surface area contributed by atoms with Crippen molar-refractivity contribution in [1.29, 1.82) is 0 Å². The molecule has 0 atom stereocenters. The Kier molecular flexibility index (Phi) is 7.04. The Morgan fingerprint density at radius 2 is 1.96 bits per heavy atom. The van der Waals surface area contributed by atoms with E-state index >= 15 is 0 Å². The van der Waals surface area contributed by atoms with Crippen LogP contribution in [0.4, 0.5) is 5.88 Å². The zero-order valence-electron chi connectivity index (χ0n) is 15.0. The highest BCUT2D eigenvalue weighted by molar-refractivity contribution is 9.10. The Bertz CT molecular complexity index is 852. The predicted molar refractivity (Wildman–Crippen MR) is 99.0 cm³/mol. The Labute approximate surface area is 161 Å². The van der Waals surface area contributed by atoms with E-state index < -0.39 is 10.0 Å². The molecule has 0 spiro atoms. The molecule has 0 saturated heterocycles. The van der Waals surface area contributed by atoms with Gasteiger partial charge in [0.05, 0.1) is 26.0 Å². The third-order valence-electron chi connectivity index (χ3n) is 3.71. The monoisotopic (exact) mass is 448 g/mol. The second-order valence-corrected chi connectivity index (χ2v) is 8.06. The Morgan fingerprint density at radius 3 is 2.54 bits per heavy atom. The van der Waals surface area contributed by atoms with Crippen LogP contribution in [0.1, 0.15) is 11.3 Å². The van der Waals surface area contributed by atoms with E-state index in [0.29, 0.717) is 28.1 Å². The number of aromatic nitrogens is 1. The SMILES string of the molecule is COCCOCN(c1onc(C)c1C)S(=O)(=O)c1cc(OC)ccc1Br. The zero-order valence-corrected chi connectivity index (χ0v) is 17.4. The summed E-state index contributed by atoms with van der Waals surface area (Å²) in [6, 6.07) is 4.70. The van der Waals surface area contributed by atoms with Gasteiger partial charge in [0.2, 0.25) is 5.88 Å². The molecule has 0 fully saturated rings. The van der Waals surface area contributed by atoms with Crippen molar-refractivity contribution in [3.8, 4) is 5.75 Å². The zero-order chi connectivity index (χ0) is 19.3. The highest BCUT2D eigenvalue weighted by atomic mass is 79.9. The predicted octanol–water partition coefficient (Wildman–Crippen LogP) is 2.88. The van der Waals surface area contributed by atoms with Gasteiger partial charge in [-0.3, -0.25) is 0 Å². The van der Waals surface area contributed by atoms with Crippen LogP contribution in [0.3, 0.4) is 0 Å². The quantitative estimate of drug-likeness (QED) is 0.430. The fraction of sp³-hybridized carbons (Fsp3) is 0.438. The lowest BCUT2D eigenvalue weighted by Gasteiger charge is -2.22. The molecule has 0 amide bonds. The summed E-state index contributed by atoms with van der Waals surface area (Å²) in [5, 5.41) is 3.85. The Hall–Kier alpha value is -1.62. The van der Waals surface area contributed by atoms with Crippen molar-refractivity contribution < 1.29 is 27.2 Å². The molecular formula is C16H21BrN2O6S. The smallest absolute Gasteiger partial charge is 0.269 e. The van der Waals surface area contributed by atoms with E-state index in [1.807, 2.05) is 0 Å². The van der Waals surface area contributed by atoms with Gasteiger partial charge in [-0.15, -0.1) is 0 Å². The topological polar surface area (TPSA) is 91.1 Å². The maximum Gasteiger partial charge on any atom is 0.269 e. The molecule has 1 heterocycles. The molecule has 2 rings (SSSR count).